The van der Waals surface area contributed by atoms with E-state index < -0.39 is 30.6 Å². The van der Waals surface area contributed by atoms with E-state index in [1.807, 2.05) is 0 Å². The molecule has 0 saturated carbocycles. The Labute approximate surface area is 191 Å². The van der Waals surface area contributed by atoms with E-state index in [9.17, 15) is 22.8 Å². The molecule has 0 fully saturated rings. The first kappa shape index (κ1) is 29.4. The minimum Gasteiger partial charge on any atom is -0.478 e. The van der Waals surface area contributed by atoms with Crippen LogP contribution in [0.1, 0.15) is 6.42 Å². The van der Waals surface area contributed by atoms with Crippen LogP contribution in [0, 0.1) is 11.5 Å². The fourth-order valence-electron chi connectivity index (χ4n) is 1.64. The number of aliphatic carboxylic acids is 2. The molecule has 1 aromatic rings. The number of aromatic nitrogens is 2. The van der Waals surface area contributed by atoms with Gasteiger partial charge in [-0.3, -0.25) is 0 Å². The highest BCUT2D eigenvalue weighted by Gasteiger charge is 2.26. The maximum Gasteiger partial charge on any atom is 0.408 e. The maximum atomic E-state index is 12.1. The Bertz CT molecular complexity index is 914. The van der Waals surface area contributed by atoms with Crippen molar-refractivity contribution in [3.63, 3.8) is 0 Å². The lowest BCUT2D eigenvalue weighted by molar-refractivity contribution is -0.134. The lowest BCUT2D eigenvalue weighted by atomic mass is 10.4. The molecule has 0 aliphatic rings. The second-order valence-electron chi connectivity index (χ2n) is 5.62. The molecule has 0 radical (unpaired) electrons. The summed E-state index contributed by atoms with van der Waals surface area (Å²) in [5, 5.41) is 32.1. The van der Waals surface area contributed by atoms with Crippen LogP contribution in [-0.4, -0.2) is 77.0 Å². The number of anilines is 1. The second-order valence-corrected chi connectivity index (χ2v) is 5.62. The minimum atomic E-state index is -4.44. The van der Waals surface area contributed by atoms with Crippen molar-refractivity contribution in [2.75, 3.05) is 32.1 Å². The Hall–Kier alpha value is -4.62. The van der Waals surface area contributed by atoms with E-state index >= 15 is 0 Å². The summed E-state index contributed by atoms with van der Waals surface area (Å²) in [5.41, 5.74) is 5.36. The molecule has 34 heavy (non-hydrogen) atoms. The SMILES string of the molecule is CN/C(=N/C#N)NCCCOc1nccc(N/C(N)=N\CC(F)(F)F)n1.O=C(O)/C=C\C(=O)O. The van der Waals surface area contributed by atoms with Crippen LogP contribution in [0.15, 0.2) is 34.4 Å². The van der Waals surface area contributed by atoms with Crippen molar-refractivity contribution >= 4 is 29.7 Å². The number of carboxylic acid groups (broad SMARTS) is 2. The molecule has 0 saturated heterocycles. The number of rotatable bonds is 9. The lowest BCUT2D eigenvalue weighted by Gasteiger charge is -2.09. The van der Waals surface area contributed by atoms with E-state index in [1.54, 1.807) is 13.2 Å². The molecule has 0 amide bonds. The van der Waals surface area contributed by atoms with Gasteiger partial charge < -0.3 is 36.6 Å². The molecule has 186 valence electrons. The fourth-order valence-corrected chi connectivity index (χ4v) is 1.64. The highest BCUT2D eigenvalue weighted by molar-refractivity contribution is 5.91. The van der Waals surface area contributed by atoms with Crippen molar-refractivity contribution in [2.24, 2.45) is 15.7 Å². The van der Waals surface area contributed by atoms with Crippen LogP contribution in [0.25, 0.3) is 0 Å². The first-order valence-electron chi connectivity index (χ1n) is 9.08. The Morgan fingerprint density at radius 1 is 1.32 bits per heavy atom. The molecule has 0 aliphatic carbocycles. The van der Waals surface area contributed by atoms with Gasteiger partial charge in [-0.25, -0.2) is 19.6 Å². The summed E-state index contributed by atoms with van der Waals surface area (Å²) in [7, 11) is 1.62. The van der Waals surface area contributed by atoms with Gasteiger partial charge in [0.1, 0.15) is 12.4 Å². The van der Waals surface area contributed by atoms with Gasteiger partial charge in [0.2, 0.25) is 12.2 Å². The molecule has 0 unspecified atom stereocenters. The van der Waals surface area contributed by atoms with Gasteiger partial charge in [0.15, 0.2) is 5.96 Å². The lowest BCUT2D eigenvalue weighted by Crippen LogP contribution is -2.35. The Kier molecular flexibility index (Phi) is 13.9. The molecule has 1 rings (SSSR count). The molecule has 17 heteroatoms. The number of nitriles is 1. The highest BCUT2D eigenvalue weighted by Crippen LogP contribution is 2.14. The number of aliphatic imine (C=N–C) groups is 2. The van der Waals surface area contributed by atoms with E-state index in [0.29, 0.717) is 31.1 Å². The molecule has 0 spiro atoms. The van der Waals surface area contributed by atoms with Crippen molar-refractivity contribution in [1.82, 2.24) is 20.6 Å². The van der Waals surface area contributed by atoms with Gasteiger partial charge >= 0.3 is 24.1 Å². The molecule has 0 atom stereocenters. The number of hydrogen-bond acceptors (Lipinski definition) is 8. The van der Waals surface area contributed by atoms with Gasteiger partial charge in [0.25, 0.3) is 0 Å². The van der Waals surface area contributed by atoms with Gasteiger partial charge in [-0.15, -0.1) is 4.99 Å². The van der Waals surface area contributed by atoms with Gasteiger partial charge in [0.05, 0.1) is 6.61 Å². The quantitative estimate of drug-likeness (QED) is 0.0879. The predicted octanol–water partition coefficient (Wildman–Crippen LogP) is -0.108. The van der Waals surface area contributed by atoms with E-state index in [1.165, 1.54) is 12.3 Å². The van der Waals surface area contributed by atoms with Crippen LogP contribution in [0.2, 0.25) is 0 Å². The number of guanidine groups is 2. The van der Waals surface area contributed by atoms with Gasteiger partial charge in [-0.1, -0.05) is 0 Å². The average Bonchev–Trinajstić information content (AvgIpc) is 2.75. The minimum absolute atomic E-state index is 0.0261. The fraction of sp³-hybridized carbons (Fsp3) is 0.353. The van der Waals surface area contributed by atoms with E-state index in [2.05, 4.69) is 35.9 Å². The maximum absolute atomic E-state index is 12.1. The monoisotopic (exact) mass is 489 g/mol. The summed E-state index contributed by atoms with van der Waals surface area (Å²) in [5.74, 6) is -2.45. The smallest absolute Gasteiger partial charge is 0.408 e. The summed E-state index contributed by atoms with van der Waals surface area (Å²) in [4.78, 5) is 33.6. The van der Waals surface area contributed by atoms with Crippen molar-refractivity contribution in [3.05, 3.63) is 24.4 Å². The van der Waals surface area contributed by atoms with Crippen LogP contribution in [0.3, 0.4) is 0 Å². The number of nitrogens with zero attached hydrogens (tertiary/aromatic N) is 5. The van der Waals surface area contributed by atoms with Crippen molar-refractivity contribution < 1.29 is 37.7 Å². The Morgan fingerprint density at radius 3 is 2.50 bits per heavy atom. The molecule has 7 N–H and O–H groups in total. The number of alkyl halides is 3. The average molecular weight is 489 g/mol. The van der Waals surface area contributed by atoms with Crippen molar-refractivity contribution in [3.8, 4) is 12.2 Å². The highest BCUT2D eigenvalue weighted by atomic mass is 19.4. The number of carbonyl (C=O) groups is 2. The molecule has 1 aromatic heterocycles. The third-order valence-electron chi connectivity index (χ3n) is 2.93. The van der Waals surface area contributed by atoms with Crippen LogP contribution in [0.5, 0.6) is 6.01 Å². The number of nitrogens with two attached hydrogens (primary N) is 1. The standard InChI is InChI=1S/C13H18F3N9O.C4H4O4/c1-19-11(23-8-17)20-4-2-6-26-12-21-5-3-9(25-12)24-10(18)22-7-13(14,15)16;5-3(6)1-2-4(7)8/h3,5H,2,4,6-7H2,1H3,(H2,19,20,23)(H3,18,21,22,24,25);1-2H,(H,5,6)(H,7,8)/b;2-1-. The summed E-state index contributed by atoms with van der Waals surface area (Å²) >= 11 is 0. The summed E-state index contributed by atoms with van der Waals surface area (Å²) in [6.45, 7) is -0.648. The number of carboxylic acids is 2. The van der Waals surface area contributed by atoms with Gasteiger partial charge in [-0.2, -0.15) is 23.4 Å². The summed E-state index contributed by atoms with van der Waals surface area (Å²) in [6.07, 6.45) is 0.241. The van der Waals surface area contributed by atoms with E-state index in [0.717, 1.165) is 0 Å². The van der Waals surface area contributed by atoms with Crippen molar-refractivity contribution in [2.45, 2.75) is 12.6 Å². The summed E-state index contributed by atoms with van der Waals surface area (Å²) in [6, 6.07) is 1.43. The number of ether oxygens (including phenoxy) is 1. The first-order valence-corrected chi connectivity index (χ1v) is 9.08. The molecular formula is C17H22F3N9O5. The first-order chi connectivity index (χ1) is 16.0. The van der Waals surface area contributed by atoms with Crippen LogP contribution in [-0.2, 0) is 9.59 Å². The number of nitrogens with one attached hydrogen (secondary N) is 3. The zero-order valence-corrected chi connectivity index (χ0v) is 17.7. The third kappa shape index (κ3) is 17.1. The van der Waals surface area contributed by atoms with E-state index in [-0.39, 0.29) is 18.4 Å². The number of halogens is 3. The number of hydrogen-bond donors (Lipinski definition) is 6. The second kappa shape index (κ2) is 16.1. The van der Waals surface area contributed by atoms with Crippen molar-refractivity contribution in [1.29, 1.82) is 5.26 Å². The largest absolute Gasteiger partial charge is 0.478 e. The van der Waals surface area contributed by atoms with Crippen LogP contribution >= 0.6 is 0 Å². The molecule has 0 aliphatic heterocycles. The van der Waals surface area contributed by atoms with Gasteiger partial charge in [0, 0.05) is 31.9 Å². The zero-order chi connectivity index (χ0) is 26.0. The molecular weight excluding hydrogens is 467 g/mol. The van der Waals surface area contributed by atoms with Gasteiger partial charge in [-0.05, 0) is 12.5 Å². The molecule has 14 nitrogen and oxygen atoms in total. The predicted molar refractivity (Wildman–Crippen MR) is 113 cm³/mol. The molecule has 1 heterocycles. The molecule has 0 bridgehead atoms. The normalized spacial score (nSPS) is 11.6. The van der Waals surface area contributed by atoms with Crippen LogP contribution in [0.4, 0.5) is 19.0 Å². The topological polar surface area (TPSA) is 220 Å². The Morgan fingerprint density at radius 2 is 1.97 bits per heavy atom. The zero-order valence-electron chi connectivity index (χ0n) is 17.7. The van der Waals surface area contributed by atoms with E-state index in [4.69, 9.17) is 25.9 Å². The summed E-state index contributed by atoms with van der Waals surface area (Å²) < 4.78 is 41.5. The third-order valence-corrected chi connectivity index (χ3v) is 2.93. The molecule has 0 aromatic carbocycles. The van der Waals surface area contributed by atoms with Crippen LogP contribution < -0.4 is 26.4 Å². The Balaban J connectivity index is 0.00000116.